The third-order valence-electron chi connectivity index (χ3n) is 6.99. The molecule has 1 fully saturated rings. The number of Topliss-reactive ketones (excluding diaryl/α,β-unsaturated/α-hetero) is 1. The van der Waals surface area contributed by atoms with E-state index in [1.807, 2.05) is 0 Å². The SMILES string of the molecule is CCOC(=O)C1=CC(=C2CCC(=O)CC2)c2c(cc3c(c2OC)CC(C(C)(O)CCCCO)O3)O1. The number of aliphatic hydroxyl groups excluding tert-OH is 1. The number of benzene rings is 1. The molecule has 0 radical (unpaired) electrons. The number of aliphatic hydroxyl groups is 2. The third-order valence-corrected chi connectivity index (χ3v) is 6.99. The van der Waals surface area contributed by atoms with Crippen molar-refractivity contribution in [3.8, 4) is 17.2 Å². The normalized spacial score (nSPS) is 20.8. The molecule has 2 aliphatic heterocycles. The molecule has 4 rings (SSSR count). The number of rotatable bonds is 8. The van der Waals surface area contributed by atoms with Crippen LogP contribution in [-0.2, 0) is 20.7 Å². The lowest BCUT2D eigenvalue weighted by atomic mass is 9.84. The summed E-state index contributed by atoms with van der Waals surface area (Å²) in [6, 6.07) is 1.75. The Morgan fingerprint density at radius 2 is 1.94 bits per heavy atom. The van der Waals surface area contributed by atoms with Crippen molar-refractivity contribution >= 4 is 17.3 Å². The van der Waals surface area contributed by atoms with Crippen molar-refractivity contribution in [3.63, 3.8) is 0 Å². The summed E-state index contributed by atoms with van der Waals surface area (Å²) in [5, 5.41) is 20.2. The van der Waals surface area contributed by atoms with Crippen molar-refractivity contribution in [2.24, 2.45) is 0 Å². The van der Waals surface area contributed by atoms with E-state index in [0.29, 0.717) is 68.6 Å². The molecule has 35 heavy (non-hydrogen) atoms. The van der Waals surface area contributed by atoms with Crippen LogP contribution in [0.2, 0.25) is 0 Å². The predicted molar refractivity (Wildman–Crippen MR) is 128 cm³/mol. The topological polar surface area (TPSA) is 112 Å². The molecule has 0 amide bonds. The lowest BCUT2D eigenvalue weighted by molar-refractivity contribution is -0.141. The maximum absolute atomic E-state index is 12.6. The third kappa shape index (κ3) is 5.09. The minimum Gasteiger partial charge on any atom is -0.496 e. The molecule has 0 saturated heterocycles. The monoisotopic (exact) mass is 486 g/mol. The first-order valence-corrected chi connectivity index (χ1v) is 12.3. The van der Waals surface area contributed by atoms with Crippen LogP contribution in [0.25, 0.3) is 5.57 Å². The molecule has 0 spiro atoms. The van der Waals surface area contributed by atoms with E-state index in [0.717, 1.165) is 22.3 Å². The zero-order valence-corrected chi connectivity index (χ0v) is 20.6. The number of ketones is 1. The van der Waals surface area contributed by atoms with Gasteiger partial charge in [-0.15, -0.1) is 0 Å². The molecule has 190 valence electrons. The Kier molecular flexibility index (Phi) is 7.52. The number of methoxy groups -OCH3 is 1. The van der Waals surface area contributed by atoms with Gasteiger partial charge in [0.15, 0.2) is 0 Å². The number of esters is 1. The number of fused-ring (bicyclic) bond motifs is 2. The molecule has 2 atom stereocenters. The van der Waals surface area contributed by atoms with Crippen molar-refractivity contribution in [2.75, 3.05) is 20.3 Å². The summed E-state index contributed by atoms with van der Waals surface area (Å²) in [5.74, 6) is 1.30. The van der Waals surface area contributed by atoms with Gasteiger partial charge in [-0.3, -0.25) is 4.79 Å². The zero-order valence-electron chi connectivity index (χ0n) is 20.6. The predicted octanol–water partition coefficient (Wildman–Crippen LogP) is 3.65. The zero-order chi connectivity index (χ0) is 25.2. The fourth-order valence-electron chi connectivity index (χ4n) is 5.03. The molecule has 8 nitrogen and oxygen atoms in total. The average molecular weight is 487 g/mol. The van der Waals surface area contributed by atoms with Crippen molar-refractivity contribution in [2.45, 2.75) is 76.9 Å². The van der Waals surface area contributed by atoms with Gasteiger partial charge < -0.3 is 29.2 Å². The molecule has 2 heterocycles. The largest absolute Gasteiger partial charge is 0.496 e. The summed E-state index contributed by atoms with van der Waals surface area (Å²) < 4.78 is 23.2. The van der Waals surface area contributed by atoms with Crippen LogP contribution in [0.4, 0.5) is 0 Å². The number of hydrogen-bond donors (Lipinski definition) is 2. The van der Waals surface area contributed by atoms with Gasteiger partial charge in [0.2, 0.25) is 5.76 Å². The maximum Gasteiger partial charge on any atom is 0.374 e. The summed E-state index contributed by atoms with van der Waals surface area (Å²) in [4.78, 5) is 24.5. The molecule has 8 heteroatoms. The van der Waals surface area contributed by atoms with Gasteiger partial charge in [0.1, 0.15) is 29.1 Å². The first-order valence-electron chi connectivity index (χ1n) is 12.3. The molecule has 0 aromatic heterocycles. The summed E-state index contributed by atoms with van der Waals surface area (Å²) in [6.07, 6.45) is 5.59. The highest BCUT2D eigenvalue weighted by Gasteiger charge is 2.42. The number of unbranched alkanes of at least 4 members (excludes halogenated alkanes) is 1. The molecule has 2 unspecified atom stereocenters. The van der Waals surface area contributed by atoms with E-state index in [1.54, 1.807) is 33.1 Å². The lowest BCUT2D eigenvalue weighted by Crippen LogP contribution is -2.42. The molecule has 3 aliphatic rings. The van der Waals surface area contributed by atoms with Gasteiger partial charge in [0, 0.05) is 37.5 Å². The lowest BCUT2D eigenvalue weighted by Gasteiger charge is -2.29. The van der Waals surface area contributed by atoms with Crippen LogP contribution in [0.5, 0.6) is 17.2 Å². The van der Waals surface area contributed by atoms with Crippen LogP contribution in [0.3, 0.4) is 0 Å². The Morgan fingerprint density at radius 1 is 1.20 bits per heavy atom. The molecular weight excluding hydrogens is 452 g/mol. The Balaban J connectivity index is 1.76. The van der Waals surface area contributed by atoms with E-state index in [2.05, 4.69) is 0 Å². The van der Waals surface area contributed by atoms with Gasteiger partial charge in [-0.05, 0) is 57.6 Å². The smallest absolute Gasteiger partial charge is 0.374 e. The summed E-state index contributed by atoms with van der Waals surface area (Å²) in [5.41, 5.74) is 2.35. The summed E-state index contributed by atoms with van der Waals surface area (Å²) in [6.45, 7) is 3.78. The fraction of sp³-hybridized carbons (Fsp3) is 0.556. The number of allylic oxidation sites excluding steroid dienone is 3. The standard InChI is InChI=1S/C27H34O8/c1-4-33-26(30)22-13-18(16-7-9-17(29)10-8-16)24-21(34-22)15-20-19(25(24)32-3)14-23(35-20)27(2,31)11-5-6-12-28/h13,15,23,28,31H,4-12,14H2,1-3H3. The molecule has 1 saturated carbocycles. The second-order valence-electron chi connectivity index (χ2n) is 9.50. The van der Waals surface area contributed by atoms with Crippen molar-refractivity contribution in [1.29, 1.82) is 0 Å². The quantitative estimate of drug-likeness (QED) is 0.423. The van der Waals surface area contributed by atoms with Gasteiger partial charge >= 0.3 is 5.97 Å². The molecule has 1 aliphatic carbocycles. The van der Waals surface area contributed by atoms with Gasteiger partial charge in [-0.1, -0.05) is 5.57 Å². The van der Waals surface area contributed by atoms with Crippen LogP contribution in [0.1, 0.15) is 69.9 Å². The van der Waals surface area contributed by atoms with Gasteiger partial charge in [-0.2, -0.15) is 0 Å². The molecular formula is C27H34O8. The minimum absolute atomic E-state index is 0.0753. The van der Waals surface area contributed by atoms with Crippen LogP contribution < -0.4 is 14.2 Å². The van der Waals surface area contributed by atoms with Crippen LogP contribution in [0.15, 0.2) is 23.5 Å². The second-order valence-corrected chi connectivity index (χ2v) is 9.50. The van der Waals surface area contributed by atoms with E-state index < -0.39 is 17.7 Å². The minimum atomic E-state index is -1.10. The van der Waals surface area contributed by atoms with E-state index in [9.17, 15) is 14.7 Å². The van der Waals surface area contributed by atoms with Crippen LogP contribution in [0, 0.1) is 0 Å². The fourth-order valence-corrected chi connectivity index (χ4v) is 5.03. The number of carbonyl (C=O) groups excluding carboxylic acids is 2. The molecule has 0 bridgehead atoms. The number of ether oxygens (including phenoxy) is 4. The van der Waals surface area contributed by atoms with Crippen molar-refractivity contribution < 1.29 is 38.7 Å². The highest BCUT2D eigenvalue weighted by Crippen LogP contribution is 2.51. The van der Waals surface area contributed by atoms with E-state index >= 15 is 0 Å². The second kappa shape index (κ2) is 10.4. The first-order chi connectivity index (χ1) is 16.8. The van der Waals surface area contributed by atoms with Crippen molar-refractivity contribution in [3.05, 3.63) is 34.6 Å². The van der Waals surface area contributed by atoms with E-state index in [-0.39, 0.29) is 24.8 Å². The van der Waals surface area contributed by atoms with Gasteiger partial charge in [0.25, 0.3) is 0 Å². The Labute approximate surface area is 205 Å². The molecule has 1 aromatic carbocycles. The van der Waals surface area contributed by atoms with E-state index in [1.165, 1.54) is 0 Å². The van der Waals surface area contributed by atoms with Crippen LogP contribution >= 0.6 is 0 Å². The van der Waals surface area contributed by atoms with Crippen LogP contribution in [-0.4, -0.2) is 54.0 Å². The summed E-state index contributed by atoms with van der Waals surface area (Å²) in [7, 11) is 1.58. The Bertz CT molecular complexity index is 1050. The number of hydrogen-bond acceptors (Lipinski definition) is 8. The Morgan fingerprint density at radius 3 is 2.60 bits per heavy atom. The van der Waals surface area contributed by atoms with E-state index in [4.69, 9.17) is 24.1 Å². The Hall–Kier alpha value is -2.84. The summed E-state index contributed by atoms with van der Waals surface area (Å²) >= 11 is 0. The number of carbonyl (C=O) groups is 2. The highest BCUT2D eigenvalue weighted by atomic mass is 16.6. The molecule has 1 aromatic rings. The van der Waals surface area contributed by atoms with Crippen molar-refractivity contribution in [1.82, 2.24) is 0 Å². The highest BCUT2D eigenvalue weighted by molar-refractivity contribution is 5.97. The van der Waals surface area contributed by atoms with Gasteiger partial charge in [-0.25, -0.2) is 4.79 Å². The maximum atomic E-state index is 12.6. The first kappa shape index (κ1) is 25.3. The van der Waals surface area contributed by atoms with Gasteiger partial charge in [0.05, 0.1) is 24.9 Å². The molecule has 2 N–H and O–H groups in total. The average Bonchev–Trinajstić information content (AvgIpc) is 3.27.